The molecule has 156 valence electrons. The molecular formula is C22H27ClN2O3S. The van der Waals surface area contributed by atoms with Crippen molar-refractivity contribution in [1.82, 2.24) is 9.62 Å². The number of benzene rings is 2. The van der Waals surface area contributed by atoms with Crippen LogP contribution in [0.1, 0.15) is 49.8 Å². The molecule has 0 bridgehead atoms. The highest BCUT2D eigenvalue weighted by Gasteiger charge is 2.25. The maximum atomic E-state index is 12.7. The minimum Gasteiger partial charge on any atom is -0.350 e. The lowest BCUT2D eigenvalue weighted by Crippen LogP contribution is -2.35. The summed E-state index contributed by atoms with van der Waals surface area (Å²) >= 11 is 5.90. The number of rotatable bonds is 7. The summed E-state index contributed by atoms with van der Waals surface area (Å²) in [7, 11) is -3.42. The van der Waals surface area contributed by atoms with E-state index in [-0.39, 0.29) is 11.9 Å². The fourth-order valence-corrected chi connectivity index (χ4v) is 5.13. The summed E-state index contributed by atoms with van der Waals surface area (Å²) < 4.78 is 27.0. The van der Waals surface area contributed by atoms with Crippen LogP contribution in [-0.2, 0) is 21.2 Å². The van der Waals surface area contributed by atoms with E-state index in [9.17, 15) is 13.2 Å². The summed E-state index contributed by atoms with van der Waals surface area (Å²) in [6.07, 6.45) is 3.82. The van der Waals surface area contributed by atoms with Gasteiger partial charge >= 0.3 is 0 Å². The number of aryl methyl sites for hydroxylation is 1. The number of nitrogens with zero attached hydrogens (tertiary/aromatic N) is 1. The Bertz CT molecular complexity index is 922. The summed E-state index contributed by atoms with van der Waals surface area (Å²) in [5.41, 5.74) is 1.94. The van der Waals surface area contributed by atoms with Crippen molar-refractivity contribution >= 4 is 27.5 Å². The number of amides is 1. The van der Waals surface area contributed by atoms with Crippen molar-refractivity contribution in [3.63, 3.8) is 0 Å². The van der Waals surface area contributed by atoms with Gasteiger partial charge in [-0.15, -0.1) is 0 Å². The Labute approximate surface area is 178 Å². The first-order chi connectivity index (χ1) is 13.9. The third kappa shape index (κ3) is 5.81. The number of carbonyl (C=O) groups is 1. The Balaban J connectivity index is 1.53. The normalized spacial score (nSPS) is 16.3. The molecule has 0 aromatic heterocycles. The summed E-state index contributed by atoms with van der Waals surface area (Å²) in [6, 6.07) is 14.2. The average molecular weight is 435 g/mol. The zero-order chi connectivity index (χ0) is 20.9. The van der Waals surface area contributed by atoms with Crippen LogP contribution < -0.4 is 5.32 Å². The lowest BCUT2D eigenvalue weighted by atomic mass is 10.1. The van der Waals surface area contributed by atoms with Crippen molar-refractivity contribution in [2.24, 2.45) is 0 Å². The van der Waals surface area contributed by atoms with E-state index in [2.05, 4.69) is 5.32 Å². The number of piperidine rings is 1. The van der Waals surface area contributed by atoms with E-state index in [4.69, 9.17) is 11.6 Å². The average Bonchev–Trinajstić information content (AvgIpc) is 2.73. The fraction of sp³-hybridized carbons (Fsp3) is 0.409. The van der Waals surface area contributed by atoms with Gasteiger partial charge in [0, 0.05) is 24.5 Å². The van der Waals surface area contributed by atoms with E-state index in [1.807, 2.05) is 19.1 Å². The standard InChI is InChI=1S/C22H27ClN2O3S/c1-17(19-8-10-20(23)11-9-19)24-22(26)14-7-18-5-12-21(13-6-18)29(27,28)25-15-3-2-4-16-25/h5-6,8-13,17H,2-4,7,14-16H2,1H3,(H,24,26)/t17-/m0/s1. The quantitative estimate of drug-likeness (QED) is 0.705. The lowest BCUT2D eigenvalue weighted by Gasteiger charge is -2.25. The SMILES string of the molecule is C[C@H](NC(=O)CCc1ccc(S(=O)(=O)N2CCCCC2)cc1)c1ccc(Cl)cc1. The molecular weight excluding hydrogens is 408 g/mol. The van der Waals surface area contributed by atoms with Crippen LogP contribution in [0, 0.1) is 0 Å². The minimum absolute atomic E-state index is 0.0440. The summed E-state index contributed by atoms with van der Waals surface area (Å²) in [4.78, 5) is 12.6. The molecule has 0 saturated carbocycles. The number of carbonyl (C=O) groups excluding carboxylic acids is 1. The van der Waals surface area contributed by atoms with Crippen LogP contribution in [0.5, 0.6) is 0 Å². The molecule has 1 aliphatic heterocycles. The van der Waals surface area contributed by atoms with Gasteiger partial charge in [-0.05, 0) is 61.6 Å². The lowest BCUT2D eigenvalue weighted by molar-refractivity contribution is -0.121. The van der Waals surface area contributed by atoms with Crippen molar-refractivity contribution in [2.45, 2.75) is 50.0 Å². The number of halogens is 1. The molecule has 1 atom stereocenters. The van der Waals surface area contributed by atoms with Gasteiger partial charge in [0.1, 0.15) is 0 Å². The zero-order valence-corrected chi connectivity index (χ0v) is 18.2. The molecule has 0 spiro atoms. The molecule has 1 aliphatic rings. The Morgan fingerprint density at radius 3 is 2.28 bits per heavy atom. The van der Waals surface area contributed by atoms with Crippen LogP contribution in [0.4, 0.5) is 0 Å². The smallest absolute Gasteiger partial charge is 0.243 e. The summed E-state index contributed by atoms with van der Waals surface area (Å²) in [5.74, 6) is -0.0440. The molecule has 1 amide bonds. The number of nitrogens with one attached hydrogen (secondary N) is 1. The van der Waals surface area contributed by atoms with Gasteiger partial charge in [0.2, 0.25) is 15.9 Å². The monoisotopic (exact) mass is 434 g/mol. The van der Waals surface area contributed by atoms with Crippen LogP contribution in [-0.4, -0.2) is 31.7 Å². The van der Waals surface area contributed by atoms with E-state index in [1.165, 1.54) is 0 Å². The largest absolute Gasteiger partial charge is 0.350 e. The van der Waals surface area contributed by atoms with Gasteiger partial charge in [-0.2, -0.15) is 4.31 Å². The second-order valence-electron chi connectivity index (χ2n) is 7.45. The van der Waals surface area contributed by atoms with Crippen LogP contribution in [0.3, 0.4) is 0 Å². The van der Waals surface area contributed by atoms with Crippen molar-refractivity contribution in [2.75, 3.05) is 13.1 Å². The Morgan fingerprint density at radius 2 is 1.66 bits per heavy atom. The molecule has 29 heavy (non-hydrogen) atoms. The summed E-state index contributed by atoms with van der Waals surface area (Å²) in [6.45, 7) is 3.12. The van der Waals surface area contributed by atoms with E-state index >= 15 is 0 Å². The Hall–Kier alpha value is -1.89. The van der Waals surface area contributed by atoms with Crippen LogP contribution in [0.2, 0.25) is 5.02 Å². The van der Waals surface area contributed by atoms with Crippen LogP contribution in [0.15, 0.2) is 53.4 Å². The van der Waals surface area contributed by atoms with Gasteiger partial charge in [0.15, 0.2) is 0 Å². The van der Waals surface area contributed by atoms with Gasteiger partial charge in [0.25, 0.3) is 0 Å². The van der Waals surface area contributed by atoms with Crippen LogP contribution in [0.25, 0.3) is 0 Å². The first kappa shape index (κ1) is 21.8. The van der Waals surface area contributed by atoms with E-state index in [0.29, 0.717) is 35.8 Å². The number of sulfonamides is 1. The number of hydrogen-bond acceptors (Lipinski definition) is 3. The first-order valence-electron chi connectivity index (χ1n) is 10.0. The topological polar surface area (TPSA) is 66.5 Å². The second-order valence-corrected chi connectivity index (χ2v) is 9.82. The fourth-order valence-electron chi connectivity index (χ4n) is 3.49. The van der Waals surface area contributed by atoms with E-state index < -0.39 is 10.0 Å². The molecule has 5 nitrogen and oxygen atoms in total. The molecule has 1 N–H and O–H groups in total. The maximum absolute atomic E-state index is 12.7. The van der Waals surface area contributed by atoms with Gasteiger partial charge < -0.3 is 5.32 Å². The molecule has 2 aromatic carbocycles. The molecule has 0 unspecified atom stereocenters. The highest BCUT2D eigenvalue weighted by molar-refractivity contribution is 7.89. The maximum Gasteiger partial charge on any atom is 0.243 e. The predicted molar refractivity (Wildman–Crippen MR) is 115 cm³/mol. The Kier molecular flexibility index (Phi) is 7.33. The predicted octanol–water partition coefficient (Wildman–Crippen LogP) is 4.32. The number of hydrogen-bond donors (Lipinski definition) is 1. The van der Waals surface area contributed by atoms with E-state index in [0.717, 1.165) is 30.4 Å². The van der Waals surface area contributed by atoms with E-state index in [1.54, 1.807) is 40.7 Å². The van der Waals surface area contributed by atoms with Gasteiger partial charge in [-0.1, -0.05) is 42.3 Å². The minimum atomic E-state index is -3.42. The van der Waals surface area contributed by atoms with Crippen LogP contribution >= 0.6 is 11.6 Å². The molecule has 7 heteroatoms. The highest BCUT2D eigenvalue weighted by Crippen LogP contribution is 2.21. The third-order valence-electron chi connectivity index (χ3n) is 5.26. The van der Waals surface area contributed by atoms with Crippen molar-refractivity contribution in [3.8, 4) is 0 Å². The highest BCUT2D eigenvalue weighted by atomic mass is 35.5. The summed E-state index contributed by atoms with van der Waals surface area (Å²) in [5, 5.41) is 3.64. The molecule has 3 rings (SSSR count). The zero-order valence-electron chi connectivity index (χ0n) is 16.6. The second kappa shape index (κ2) is 9.74. The molecule has 1 saturated heterocycles. The molecule has 1 fully saturated rings. The first-order valence-corrected chi connectivity index (χ1v) is 11.8. The molecule has 0 aliphatic carbocycles. The molecule has 0 radical (unpaired) electrons. The van der Waals surface area contributed by atoms with Gasteiger partial charge in [-0.25, -0.2) is 8.42 Å². The van der Waals surface area contributed by atoms with Gasteiger partial charge in [-0.3, -0.25) is 4.79 Å². The molecule has 2 aromatic rings. The Morgan fingerprint density at radius 1 is 1.03 bits per heavy atom. The van der Waals surface area contributed by atoms with Crippen molar-refractivity contribution in [3.05, 3.63) is 64.7 Å². The molecule has 1 heterocycles. The van der Waals surface area contributed by atoms with Crippen molar-refractivity contribution < 1.29 is 13.2 Å². The van der Waals surface area contributed by atoms with Crippen molar-refractivity contribution in [1.29, 1.82) is 0 Å². The third-order valence-corrected chi connectivity index (χ3v) is 7.43. The van der Waals surface area contributed by atoms with Gasteiger partial charge in [0.05, 0.1) is 10.9 Å².